The molecule has 0 saturated carbocycles. The highest BCUT2D eigenvalue weighted by molar-refractivity contribution is 14.0. The first-order valence-electron chi connectivity index (χ1n) is 10.4. The van der Waals surface area contributed by atoms with Gasteiger partial charge < -0.3 is 10.6 Å². The summed E-state index contributed by atoms with van der Waals surface area (Å²) in [6.07, 6.45) is 2.36. The van der Waals surface area contributed by atoms with Gasteiger partial charge in [0.2, 0.25) is 10.0 Å². The summed E-state index contributed by atoms with van der Waals surface area (Å²) < 4.78 is 23.1. The molecule has 0 aliphatic carbocycles. The van der Waals surface area contributed by atoms with Crippen molar-refractivity contribution in [2.24, 2.45) is 10.1 Å². The molecule has 2 aromatic carbocycles. The summed E-state index contributed by atoms with van der Waals surface area (Å²) in [5.74, 6) is 0.727. The van der Waals surface area contributed by atoms with Crippen molar-refractivity contribution >= 4 is 40.0 Å². The van der Waals surface area contributed by atoms with Crippen LogP contribution in [0.2, 0.25) is 0 Å². The molecule has 1 unspecified atom stereocenters. The van der Waals surface area contributed by atoms with E-state index in [-0.39, 0.29) is 28.9 Å². The lowest BCUT2D eigenvalue weighted by atomic mass is 10.2. The van der Waals surface area contributed by atoms with Gasteiger partial charge in [-0.2, -0.15) is 0 Å². The van der Waals surface area contributed by atoms with Gasteiger partial charge >= 0.3 is 0 Å². The number of likely N-dealkylation sites (tertiary alicyclic amines) is 1. The monoisotopic (exact) mass is 557 g/mol. The summed E-state index contributed by atoms with van der Waals surface area (Å²) in [7, 11) is -3.71. The van der Waals surface area contributed by atoms with Crippen molar-refractivity contribution in [1.29, 1.82) is 0 Å². The van der Waals surface area contributed by atoms with Gasteiger partial charge in [0.15, 0.2) is 5.96 Å². The van der Waals surface area contributed by atoms with Crippen molar-refractivity contribution in [3.8, 4) is 0 Å². The maximum Gasteiger partial charge on any atom is 0.238 e. The van der Waals surface area contributed by atoms with Crippen LogP contribution in [0.3, 0.4) is 0 Å². The lowest BCUT2D eigenvalue weighted by Gasteiger charge is -2.25. The van der Waals surface area contributed by atoms with Gasteiger partial charge in [0.1, 0.15) is 0 Å². The summed E-state index contributed by atoms with van der Waals surface area (Å²) in [6.45, 7) is 6.03. The van der Waals surface area contributed by atoms with Crippen molar-refractivity contribution in [2.45, 2.75) is 43.8 Å². The molecule has 1 heterocycles. The van der Waals surface area contributed by atoms with Crippen LogP contribution in [0.4, 0.5) is 0 Å². The number of rotatable bonds is 8. The quantitative estimate of drug-likeness (QED) is 0.264. The van der Waals surface area contributed by atoms with Crippen molar-refractivity contribution in [1.82, 2.24) is 15.5 Å². The zero-order valence-electron chi connectivity index (χ0n) is 17.8. The second-order valence-corrected chi connectivity index (χ2v) is 9.08. The summed E-state index contributed by atoms with van der Waals surface area (Å²) in [4.78, 5) is 7.24. The third kappa shape index (κ3) is 8.06. The van der Waals surface area contributed by atoms with Crippen molar-refractivity contribution in [3.63, 3.8) is 0 Å². The smallest absolute Gasteiger partial charge is 0.238 e. The van der Waals surface area contributed by atoms with E-state index < -0.39 is 10.0 Å². The molecular weight excluding hydrogens is 525 g/mol. The molecule has 1 aliphatic heterocycles. The molecule has 1 atom stereocenters. The van der Waals surface area contributed by atoms with Gasteiger partial charge in [0, 0.05) is 25.7 Å². The van der Waals surface area contributed by atoms with E-state index in [1.54, 1.807) is 12.1 Å². The van der Waals surface area contributed by atoms with E-state index in [1.165, 1.54) is 18.1 Å². The molecule has 0 amide bonds. The Hall–Kier alpha value is -1.69. The Labute approximate surface area is 202 Å². The normalized spacial score (nSPS) is 17.2. The summed E-state index contributed by atoms with van der Waals surface area (Å²) in [6, 6.07) is 17.6. The lowest BCUT2D eigenvalue weighted by molar-refractivity contribution is 0.245. The number of sulfonamides is 1. The van der Waals surface area contributed by atoms with Crippen LogP contribution in [0.1, 0.15) is 30.9 Å². The third-order valence-electron chi connectivity index (χ3n) is 5.22. The highest BCUT2D eigenvalue weighted by Crippen LogP contribution is 2.19. The maximum absolute atomic E-state index is 11.5. The molecule has 1 aliphatic rings. The Morgan fingerprint density at radius 3 is 2.58 bits per heavy atom. The van der Waals surface area contributed by atoms with Crippen LogP contribution in [-0.2, 0) is 23.1 Å². The summed E-state index contributed by atoms with van der Waals surface area (Å²) in [5, 5.41) is 11.9. The number of benzene rings is 2. The predicted octanol–water partition coefficient (Wildman–Crippen LogP) is 2.67. The van der Waals surface area contributed by atoms with Crippen molar-refractivity contribution in [2.75, 3.05) is 19.6 Å². The Bertz CT molecular complexity index is 953. The highest BCUT2D eigenvalue weighted by atomic mass is 127. The molecule has 0 radical (unpaired) electrons. The average Bonchev–Trinajstić information content (AvgIpc) is 3.17. The Morgan fingerprint density at radius 1 is 1.13 bits per heavy atom. The number of hydrogen-bond donors (Lipinski definition) is 3. The van der Waals surface area contributed by atoms with E-state index in [4.69, 9.17) is 5.14 Å². The number of primary sulfonamides is 1. The number of hydrogen-bond acceptors (Lipinski definition) is 4. The Kier molecular flexibility index (Phi) is 10.2. The molecule has 9 heteroatoms. The number of nitrogens with zero attached hydrogens (tertiary/aromatic N) is 2. The number of aliphatic imine (C=N–C) groups is 1. The maximum atomic E-state index is 11.5. The van der Waals surface area contributed by atoms with E-state index in [0.717, 1.165) is 44.1 Å². The molecule has 170 valence electrons. The van der Waals surface area contributed by atoms with E-state index in [2.05, 4.69) is 44.8 Å². The number of nitrogens with one attached hydrogen (secondary N) is 2. The zero-order valence-corrected chi connectivity index (χ0v) is 21.0. The first-order valence-corrected chi connectivity index (χ1v) is 11.9. The molecule has 7 nitrogen and oxygen atoms in total. The first-order chi connectivity index (χ1) is 14.5. The van der Waals surface area contributed by atoms with Crippen LogP contribution in [0, 0.1) is 0 Å². The molecule has 1 fully saturated rings. The van der Waals surface area contributed by atoms with Crippen LogP contribution >= 0.6 is 24.0 Å². The lowest BCUT2D eigenvalue weighted by Crippen LogP contribution is -2.44. The summed E-state index contributed by atoms with van der Waals surface area (Å²) >= 11 is 0. The molecule has 0 bridgehead atoms. The van der Waals surface area contributed by atoms with E-state index in [9.17, 15) is 8.42 Å². The van der Waals surface area contributed by atoms with Crippen LogP contribution in [0.25, 0.3) is 0 Å². The van der Waals surface area contributed by atoms with E-state index in [1.807, 2.05) is 19.1 Å². The fourth-order valence-electron chi connectivity index (χ4n) is 3.70. The topological polar surface area (TPSA) is 99.8 Å². The molecule has 4 N–H and O–H groups in total. The minimum Gasteiger partial charge on any atom is -0.357 e. The van der Waals surface area contributed by atoms with Gasteiger partial charge in [-0.05, 0) is 49.6 Å². The van der Waals surface area contributed by atoms with Crippen molar-refractivity contribution < 1.29 is 8.42 Å². The largest absolute Gasteiger partial charge is 0.357 e. The molecular formula is C22H32IN5O2S. The summed E-state index contributed by atoms with van der Waals surface area (Å²) in [5.41, 5.74) is 2.13. The van der Waals surface area contributed by atoms with E-state index in [0.29, 0.717) is 12.6 Å². The van der Waals surface area contributed by atoms with Gasteiger partial charge in [-0.3, -0.25) is 4.90 Å². The van der Waals surface area contributed by atoms with Gasteiger partial charge in [0.05, 0.1) is 11.4 Å². The zero-order chi connectivity index (χ0) is 21.4. The van der Waals surface area contributed by atoms with Crippen LogP contribution in [-0.4, -0.2) is 45.0 Å². The molecule has 0 spiro atoms. The van der Waals surface area contributed by atoms with Gasteiger partial charge in [-0.15, -0.1) is 24.0 Å². The highest BCUT2D eigenvalue weighted by Gasteiger charge is 2.24. The second-order valence-electron chi connectivity index (χ2n) is 7.52. The molecule has 0 aromatic heterocycles. The standard InChI is InChI=1S/C22H31N5O2S.HI/c1-2-24-22(25-15-19-10-6-12-21(14-19)30(23,28)29)26-16-20-11-7-13-27(20)17-18-8-4-3-5-9-18;/h3-6,8-10,12,14,20H,2,7,11,13,15-17H2,1H3,(H2,23,28,29)(H2,24,25,26);1H. The number of halogens is 1. The Morgan fingerprint density at radius 2 is 1.87 bits per heavy atom. The molecule has 1 saturated heterocycles. The Balaban J connectivity index is 0.00000341. The molecule has 3 rings (SSSR count). The average molecular weight is 558 g/mol. The third-order valence-corrected chi connectivity index (χ3v) is 6.13. The molecule has 2 aromatic rings. The first kappa shape index (κ1) is 25.6. The second kappa shape index (κ2) is 12.4. The van der Waals surface area contributed by atoms with Gasteiger partial charge in [-0.25, -0.2) is 18.5 Å². The van der Waals surface area contributed by atoms with Crippen LogP contribution < -0.4 is 15.8 Å². The van der Waals surface area contributed by atoms with Crippen molar-refractivity contribution in [3.05, 3.63) is 65.7 Å². The van der Waals surface area contributed by atoms with Crippen LogP contribution in [0.15, 0.2) is 64.5 Å². The van der Waals surface area contributed by atoms with E-state index >= 15 is 0 Å². The number of guanidine groups is 1. The minimum absolute atomic E-state index is 0. The fourth-order valence-corrected chi connectivity index (χ4v) is 4.28. The SMILES string of the molecule is CCNC(=NCc1cccc(S(N)(=O)=O)c1)NCC1CCCN1Cc1ccccc1.I. The van der Waals surface area contributed by atoms with Gasteiger partial charge in [0.25, 0.3) is 0 Å². The number of nitrogens with two attached hydrogens (primary N) is 1. The fraction of sp³-hybridized carbons (Fsp3) is 0.409. The molecule has 31 heavy (non-hydrogen) atoms. The predicted molar refractivity (Wildman–Crippen MR) is 136 cm³/mol. The minimum atomic E-state index is -3.71. The van der Waals surface area contributed by atoms with Gasteiger partial charge in [-0.1, -0.05) is 42.5 Å². The van der Waals surface area contributed by atoms with Crippen LogP contribution in [0.5, 0.6) is 0 Å².